The number of allylic oxidation sites excluding steroid dienone is 5. The normalized spacial score (nSPS) is 19.4. The fraction of sp³-hybridized carbons (Fsp3) is 0.586. The van der Waals surface area contributed by atoms with E-state index in [4.69, 9.17) is 28.4 Å². The Balaban J connectivity index is 1.53. The summed E-state index contributed by atoms with van der Waals surface area (Å²) in [5, 5.41) is 0. The van der Waals surface area contributed by atoms with Crippen LogP contribution in [0.2, 0.25) is 0 Å². The molecule has 194 valence electrons. The first kappa shape index (κ1) is 27.5. The minimum atomic E-state index is -0.155. The number of ether oxygens (including phenoxy) is 6. The summed E-state index contributed by atoms with van der Waals surface area (Å²) in [4.78, 5) is 0. The van der Waals surface area contributed by atoms with E-state index < -0.39 is 0 Å². The van der Waals surface area contributed by atoms with E-state index in [1.54, 1.807) is 0 Å². The zero-order valence-electron chi connectivity index (χ0n) is 22.2. The van der Waals surface area contributed by atoms with E-state index in [1.165, 1.54) is 11.1 Å². The molecule has 0 amide bonds. The lowest BCUT2D eigenvalue weighted by atomic mass is 9.76. The Morgan fingerprint density at radius 1 is 1.03 bits per heavy atom. The predicted octanol–water partition coefficient (Wildman–Crippen LogP) is 5.64. The van der Waals surface area contributed by atoms with Gasteiger partial charge in [-0.3, -0.25) is 0 Å². The van der Waals surface area contributed by atoms with Crippen molar-refractivity contribution in [2.45, 2.75) is 71.7 Å². The molecule has 0 radical (unpaired) electrons. The van der Waals surface area contributed by atoms with Gasteiger partial charge in [0.25, 0.3) is 0 Å². The minimum Gasteiger partial charge on any atom is -0.491 e. The quantitative estimate of drug-likeness (QED) is 0.182. The highest BCUT2D eigenvalue weighted by molar-refractivity contribution is 5.47. The molecule has 1 aliphatic heterocycles. The van der Waals surface area contributed by atoms with E-state index in [0.717, 1.165) is 30.1 Å². The Morgan fingerprint density at radius 3 is 2.49 bits per heavy atom. The van der Waals surface area contributed by atoms with Crippen molar-refractivity contribution < 1.29 is 28.4 Å². The molecule has 0 bridgehead atoms. The van der Waals surface area contributed by atoms with E-state index in [9.17, 15) is 0 Å². The highest BCUT2D eigenvalue weighted by atomic mass is 16.7. The van der Waals surface area contributed by atoms with Gasteiger partial charge >= 0.3 is 0 Å². The van der Waals surface area contributed by atoms with Crippen LogP contribution in [0.1, 0.15) is 52.2 Å². The Kier molecular flexibility index (Phi) is 10.4. The van der Waals surface area contributed by atoms with Gasteiger partial charge in [-0.15, -0.1) is 0 Å². The maximum absolute atomic E-state index is 6.04. The lowest BCUT2D eigenvalue weighted by molar-refractivity contribution is -0.0953. The van der Waals surface area contributed by atoms with Gasteiger partial charge in [-0.05, 0) is 69.0 Å². The number of benzene rings is 1. The van der Waals surface area contributed by atoms with E-state index >= 15 is 0 Å². The molecule has 6 heteroatoms. The maximum atomic E-state index is 6.04. The molecule has 6 nitrogen and oxygen atoms in total. The zero-order chi connectivity index (χ0) is 25.3. The number of epoxide rings is 1. The molecule has 3 rings (SSSR count). The molecule has 35 heavy (non-hydrogen) atoms. The molecule has 1 aliphatic carbocycles. The Morgan fingerprint density at radius 2 is 1.77 bits per heavy atom. The van der Waals surface area contributed by atoms with E-state index in [2.05, 4.69) is 57.2 Å². The number of rotatable bonds is 15. The smallest absolute Gasteiger partial charge is 0.147 e. The first-order valence-corrected chi connectivity index (χ1v) is 12.7. The van der Waals surface area contributed by atoms with Crippen molar-refractivity contribution in [1.29, 1.82) is 0 Å². The number of hydrogen-bond acceptors (Lipinski definition) is 6. The lowest BCUT2D eigenvalue weighted by Crippen LogP contribution is -2.21. The van der Waals surface area contributed by atoms with E-state index in [1.807, 2.05) is 26.8 Å². The second-order valence-electron chi connectivity index (χ2n) is 9.75. The Bertz CT molecular complexity index is 896. The van der Waals surface area contributed by atoms with Crippen molar-refractivity contribution in [1.82, 2.24) is 0 Å². The summed E-state index contributed by atoms with van der Waals surface area (Å²) in [6.45, 7) is 16.0. The molecular formula is C29H42O6. The van der Waals surface area contributed by atoms with Crippen LogP contribution in [0.25, 0.3) is 0 Å². The average Bonchev–Trinajstić information content (AvgIpc) is 3.68. The molecule has 1 fully saturated rings. The molecule has 1 heterocycles. The molecule has 0 aromatic heterocycles. The maximum Gasteiger partial charge on any atom is 0.147 e. The van der Waals surface area contributed by atoms with Crippen molar-refractivity contribution in [2.75, 3.05) is 39.8 Å². The van der Waals surface area contributed by atoms with E-state index in [0.29, 0.717) is 33.2 Å². The number of aryl methyl sites for hydroxylation is 1. The van der Waals surface area contributed by atoms with Crippen LogP contribution in [0.4, 0.5) is 0 Å². The van der Waals surface area contributed by atoms with Crippen molar-refractivity contribution in [3.8, 4) is 5.75 Å². The van der Waals surface area contributed by atoms with Gasteiger partial charge in [-0.2, -0.15) is 0 Å². The molecule has 3 atom stereocenters. The highest BCUT2D eigenvalue weighted by Gasteiger charge is 2.26. The van der Waals surface area contributed by atoms with Gasteiger partial charge in [0.2, 0.25) is 0 Å². The van der Waals surface area contributed by atoms with Gasteiger partial charge in [0.15, 0.2) is 0 Å². The number of hydrogen-bond donors (Lipinski definition) is 0. The summed E-state index contributed by atoms with van der Waals surface area (Å²) < 4.78 is 33.8. The lowest BCUT2D eigenvalue weighted by Gasteiger charge is -2.28. The Hall–Kier alpha value is -2.12. The van der Waals surface area contributed by atoms with Gasteiger partial charge in [0.05, 0.1) is 25.4 Å². The third-order valence-electron chi connectivity index (χ3n) is 6.27. The Labute approximate surface area is 210 Å². The SMILES string of the molecule is CCOCOC(C)COC1=CCC=C(C(C)(C)c2ccc(OCC(C)OCC3CO3)c(C)c2)C=C1. The molecule has 3 unspecified atom stereocenters. The van der Waals surface area contributed by atoms with Gasteiger partial charge in [-0.25, -0.2) is 0 Å². The first-order valence-electron chi connectivity index (χ1n) is 12.7. The van der Waals surface area contributed by atoms with Crippen molar-refractivity contribution in [3.63, 3.8) is 0 Å². The molecule has 0 spiro atoms. The van der Waals surface area contributed by atoms with Crippen molar-refractivity contribution in [2.24, 2.45) is 0 Å². The molecular weight excluding hydrogens is 444 g/mol. The molecule has 0 saturated carbocycles. The summed E-state index contributed by atoms with van der Waals surface area (Å²) in [5.41, 5.74) is 3.47. The largest absolute Gasteiger partial charge is 0.491 e. The second-order valence-corrected chi connectivity index (χ2v) is 9.75. The minimum absolute atomic E-state index is 0.0270. The van der Waals surface area contributed by atoms with Crippen molar-refractivity contribution >= 4 is 0 Å². The molecule has 0 N–H and O–H groups in total. The fourth-order valence-electron chi connectivity index (χ4n) is 3.75. The van der Waals surface area contributed by atoms with Gasteiger partial charge in [0.1, 0.15) is 37.6 Å². The van der Waals surface area contributed by atoms with Gasteiger partial charge in [-0.1, -0.05) is 38.1 Å². The molecule has 2 aliphatic rings. The summed E-state index contributed by atoms with van der Waals surface area (Å²) >= 11 is 0. The first-order chi connectivity index (χ1) is 16.8. The van der Waals surface area contributed by atoms with Gasteiger partial charge in [0, 0.05) is 12.0 Å². The van der Waals surface area contributed by atoms with Crippen LogP contribution in [0.15, 0.2) is 53.8 Å². The third-order valence-corrected chi connectivity index (χ3v) is 6.27. The summed E-state index contributed by atoms with van der Waals surface area (Å²) in [7, 11) is 0. The standard InChI is InChI=1S/C29H42O6/c1-7-30-20-35-23(4)16-32-26-10-8-9-24(11-13-26)29(5,6)25-12-14-28(21(2)15-25)34-17-22(3)31-18-27-19-33-27/h9-15,22-23,27H,7-8,16-20H2,1-6H3. The van der Waals surface area contributed by atoms with Crippen molar-refractivity contribution in [3.05, 3.63) is 65.0 Å². The topological polar surface area (TPSA) is 58.7 Å². The van der Waals surface area contributed by atoms with Crippen LogP contribution in [0.3, 0.4) is 0 Å². The molecule has 1 aromatic carbocycles. The van der Waals surface area contributed by atoms with Gasteiger partial charge < -0.3 is 28.4 Å². The van der Waals surface area contributed by atoms with E-state index in [-0.39, 0.29) is 23.7 Å². The monoisotopic (exact) mass is 486 g/mol. The van der Waals surface area contributed by atoms with Crippen LogP contribution >= 0.6 is 0 Å². The molecule has 1 saturated heterocycles. The second kappa shape index (κ2) is 13.3. The third kappa shape index (κ3) is 8.80. The predicted molar refractivity (Wildman–Crippen MR) is 138 cm³/mol. The molecule has 1 aromatic rings. The van der Waals surface area contributed by atoms with Crippen LogP contribution in [-0.2, 0) is 29.1 Å². The highest BCUT2D eigenvalue weighted by Crippen LogP contribution is 2.36. The summed E-state index contributed by atoms with van der Waals surface area (Å²) in [6, 6.07) is 6.45. The van der Waals surface area contributed by atoms with Crippen LogP contribution < -0.4 is 4.74 Å². The average molecular weight is 487 g/mol. The fourth-order valence-corrected chi connectivity index (χ4v) is 3.75. The van der Waals surface area contributed by atoms with Crippen LogP contribution in [-0.4, -0.2) is 58.1 Å². The zero-order valence-corrected chi connectivity index (χ0v) is 22.2. The van der Waals surface area contributed by atoms with Crippen LogP contribution in [0, 0.1) is 6.92 Å². The summed E-state index contributed by atoms with van der Waals surface area (Å²) in [5.74, 6) is 1.76. The summed E-state index contributed by atoms with van der Waals surface area (Å²) in [6.07, 6.45) is 9.67. The van der Waals surface area contributed by atoms with Crippen LogP contribution in [0.5, 0.6) is 5.75 Å².